The van der Waals surface area contributed by atoms with Crippen LogP contribution in [-0.2, 0) is 0 Å². The van der Waals surface area contributed by atoms with Crippen LogP contribution in [0.2, 0.25) is 5.02 Å². The minimum Gasteiger partial charge on any atom is -0.309 e. The Morgan fingerprint density at radius 1 is 1.15 bits per heavy atom. The molecule has 0 bridgehead atoms. The summed E-state index contributed by atoms with van der Waals surface area (Å²) >= 11 is 6.25. The summed E-state index contributed by atoms with van der Waals surface area (Å²) in [7, 11) is 1.92. The number of halogens is 1. The molecule has 4 heteroatoms. The predicted octanol–water partition coefficient (Wildman–Crippen LogP) is 3.59. The van der Waals surface area contributed by atoms with E-state index in [1.54, 1.807) is 18.6 Å². The first-order chi connectivity index (χ1) is 9.79. The topological polar surface area (TPSA) is 37.8 Å². The van der Waals surface area contributed by atoms with Gasteiger partial charge in [0, 0.05) is 24.0 Å². The zero-order valence-electron chi connectivity index (χ0n) is 11.0. The largest absolute Gasteiger partial charge is 0.309 e. The summed E-state index contributed by atoms with van der Waals surface area (Å²) in [6.07, 6.45) is 5.23. The Balaban J connectivity index is 2.10. The van der Waals surface area contributed by atoms with Gasteiger partial charge in [-0.25, -0.2) is 0 Å². The first-order valence-corrected chi connectivity index (χ1v) is 6.79. The first-order valence-electron chi connectivity index (χ1n) is 6.41. The van der Waals surface area contributed by atoms with Gasteiger partial charge in [0.2, 0.25) is 0 Å². The molecule has 2 heterocycles. The quantitative estimate of drug-likeness (QED) is 0.798. The second-order valence-corrected chi connectivity index (χ2v) is 4.98. The lowest BCUT2D eigenvalue weighted by Crippen LogP contribution is -2.18. The van der Waals surface area contributed by atoms with Gasteiger partial charge >= 0.3 is 0 Å². The van der Waals surface area contributed by atoms with Crippen LogP contribution in [-0.4, -0.2) is 17.0 Å². The van der Waals surface area contributed by atoms with Crippen LogP contribution in [0.5, 0.6) is 0 Å². The molecule has 0 radical (unpaired) electrons. The van der Waals surface area contributed by atoms with E-state index in [4.69, 9.17) is 11.6 Å². The van der Waals surface area contributed by atoms with Crippen LogP contribution in [0.25, 0.3) is 10.9 Å². The third-order valence-electron chi connectivity index (χ3n) is 3.37. The second-order valence-electron chi connectivity index (χ2n) is 4.57. The maximum absolute atomic E-state index is 6.25. The van der Waals surface area contributed by atoms with Crippen molar-refractivity contribution in [3.8, 4) is 0 Å². The van der Waals surface area contributed by atoms with E-state index in [-0.39, 0.29) is 6.04 Å². The van der Waals surface area contributed by atoms with Gasteiger partial charge in [0.15, 0.2) is 0 Å². The van der Waals surface area contributed by atoms with Crippen LogP contribution < -0.4 is 5.32 Å². The molecule has 0 amide bonds. The highest BCUT2D eigenvalue weighted by Gasteiger charge is 2.15. The van der Waals surface area contributed by atoms with Crippen molar-refractivity contribution in [1.82, 2.24) is 15.3 Å². The maximum Gasteiger partial charge on any atom is 0.0705 e. The molecule has 3 rings (SSSR count). The van der Waals surface area contributed by atoms with Gasteiger partial charge in [-0.05, 0) is 36.4 Å². The van der Waals surface area contributed by atoms with Crippen molar-refractivity contribution in [1.29, 1.82) is 0 Å². The van der Waals surface area contributed by atoms with E-state index in [1.165, 1.54) is 0 Å². The Hall–Kier alpha value is -1.97. The van der Waals surface area contributed by atoms with Crippen molar-refractivity contribution in [3.63, 3.8) is 0 Å². The number of pyridine rings is 2. The van der Waals surface area contributed by atoms with E-state index < -0.39 is 0 Å². The summed E-state index contributed by atoms with van der Waals surface area (Å²) in [4.78, 5) is 8.43. The van der Waals surface area contributed by atoms with E-state index in [2.05, 4.69) is 39.6 Å². The summed E-state index contributed by atoms with van der Waals surface area (Å²) in [5, 5.41) is 5.09. The zero-order chi connectivity index (χ0) is 13.9. The van der Waals surface area contributed by atoms with Crippen molar-refractivity contribution in [2.24, 2.45) is 0 Å². The minimum atomic E-state index is 0.0249. The molecular weight excluding hydrogens is 270 g/mol. The first kappa shape index (κ1) is 13.0. The molecule has 0 saturated carbocycles. The van der Waals surface area contributed by atoms with Crippen molar-refractivity contribution in [2.75, 3.05) is 7.05 Å². The van der Waals surface area contributed by atoms with E-state index in [0.717, 1.165) is 22.0 Å². The van der Waals surface area contributed by atoms with Gasteiger partial charge in [0.25, 0.3) is 0 Å². The molecule has 100 valence electrons. The molecule has 3 aromatic rings. The summed E-state index contributed by atoms with van der Waals surface area (Å²) in [6, 6.07) is 12.2. The van der Waals surface area contributed by atoms with Crippen LogP contribution in [0.1, 0.15) is 17.2 Å². The third kappa shape index (κ3) is 2.38. The SMILES string of the molecule is CNC(c1ccc2cccnc2c1)c1ccncc1Cl. The lowest BCUT2D eigenvalue weighted by atomic mass is 9.98. The Bertz CT molecular complexity index is 742. The summed E-state index contributed by atoms with van der Waals surface area (Å²) < 4.78 is 0. The average Bonchev–Trinajstić information content (AvgIpc) is 2.50. The lowest BCUT2D eigenvalue weighted by Gasteiger charge is -2.18. The normalized spacial score (nSPS) is 12.5. The fraction of sp³-hybridized carbons (Fsp3) is 0.125. The molecule has 0 spiro atoms. The van der Waals surface area contributed by atoms with Crippen molar-refractivity contribution in [3.05, 3.63) is 71.1 Å². The standard InChI is InChI=1S/C16H14ClN3/c1-18-16(13-6-8-19-10-14(13)17)12-5-4-11-3-2-7-20-15(11)9-12/h2-10,16,18H,1H3. The van der Waals surface area contributed by atoms with Crippen LogP contribution in [0.15, 0.2) is 55.0 Å². The van der Waals surface area contributed by atoms with E-state index >= 15 is 0 Å². The lowest BCUT2D eigenvalue weighted by molar-refractivity contribution is 0.691. The predicted molar refractivity (Wildman–Crippen MR) is 81.9 cm³/mol. The smallest absolute Gasteiger partial charge is 0.0705 e. The molecule has 20 heavy (non-hydrogen) atoms. The molecule has 1 atom stereocenters. The van der Waals surface area contributed by atoms with Gasteiger partial charge in [-0.1, -0.05) is 29.8 Å². The summed E-state index contributed by atoms with van der Waals surface area (Å²) in [5.74, 6) is 0. The summed E-state index contributed by atoms with van der Waals surface area (Å²) in [5.41, 5.74) is 3.13. The van der Waals surface area contributed by atoms with E-state index in [0.29, 0.717) is 5.02 Å². The third-order valence-corrected chi connectivity index (χ3v) is 3.68. The molecule has 0 aliphatic carbocycles. The van der Waals surface area contributed by atoms with Gasteiger partial charge in [-0.3, -0.25) is 9.97 Å². The Labute approximate surface area is 122 Å². The molecule has 1 aromatic carbocycles. The van der Waals surface area contributed by atoms with Gasteiger partial charge in [-0.15, -0.1) is 0 Å². The molecular formula is C16H14ClN3. The molecule has 3 nitrogen and oxygen atoms in total. The number of aromatic nitrogens is 2. The monoisotopic (exact) mass is 283 g/mol. The van der Waals surface area contributed by atoms with E-state index in [9.17, 15) is 0 Å². The van der Waals surface area contributed by atoms with Gasteiger partial charge in [-0.2, -0.15) is 0 Å². The minimum absolute atomic E-state index is 0.0249. The van der Waals surface area contributed by atoms with Gasteiger partial charge in [0.1, 0.15) is 0 Å². The number of nitrogens with one attached hydrogen (secondary N) is 1. The van der Waals surface area contributed by atoms with Crippen LogP contribution in [0.4, 0.5) is 0 Å². The maximum atomic E-state index is 6.25. The molecule has 0 aliphatic heterocycles. The summed E-state index contributed by atoms with van der Waals surface area (Å²) in [6.45, 7) is 0. The van der Waals surface area contributed by atoms with Gasteiger partial charge < -0.3 is 5.32 Å². The van der Waals surface area contributed by atoms with Crippen molar-refractivity contribution >= 4 is 22.5 Å². The highest BCUT2D eigenvalue weighted by molar-refractivity contribution is 6.31. The van der Waals surface area contributed by atoms with Gasteiger partial charge in [0.05, 0.1) is 16.6 Å². The molecule has 0 aliphatic rings. The van der Waals surface area contributed by atoms with Crippen molar-refractivity contribution < 1.29 is 0 Å². The fourth-order valence-corrected chi connectivity index (χ4v) is 2.61. The van der Waals surface area contributed by atoms with Crippen LogP contribution >= 0.6 is 11.6 Å². The Morgan fingerprint density at radius 2 is 2.05 bits per heavy atom. The Morgan fingerprint density at radius 3 is 2.85 bits per heavy atom. The second kappa shape index (κ2) is 5.57. The fourth-order valence-electron chi connectivity index (χ4n) is 2.38. The highest BCUT2D eigenvalue weighted by atomic mass is 35.5. The molecule has 1 unspecified atom stereocenters. The molecule has 0 fully saturated rings. The highest BCUT2D eigenvalue weighted by Crippen LogP contribution is 2.28. The number of benzene rings is 1. The number of nitrogens with zero attached hydrogens (tertiary/aromatic N) is 2. The van der Waals surface area contributed by atoms with E-state index in [1.807, 2.05) is 19.2 Å². The zero-order valence-corrected chi connectivity index (χ0v) is 11.8. The molecule has 0 saturated heterocycles. The average molecular weight is 284 g/mol. The molecule has 2 aromatic heterocycles. The Kier molecular flexibility index (Phi) is 3.63. The van der Waals surface area contributed by atoms with Crippen LogP contribution in [0, 0.1) is 0 Å². The number of hydrogen-bond donors (Lipinski definition) is 1. The molecule has 1 N–H and O–H groups in total. The number of fused-ring (bicyclic) bond motifs is 1. The number of hydrogen-bond acceptors (Lipinski definition) is 3. The number of rotatable bonds is 3. The van der Waals surface area contributed by atoms with Crippen LogP contribution in [0.3, 0.4) is 0 Å². The van der Waals surface area contributed by atoms with Crippen molar-refractivity contribution in [2.45, 2.75) is 6.04 Å².